The van der Waals surface area contributed by atoms with E-state index in [9.17, 15) is 10.1 Å². The van der Waals surface area contributed by atoms with Crippen molar-refractivity contribution in [2.24, 2.45) is 0 Å². The predicted octanol–water partition coefficient (Wildman–Crippen LogP) is 2.67. The fourth-order valence-corrected chi connectivity index (χ4v) is 3.25. The van der Waals surface area contributed by atoms with Crippen LogP contribution >= 0.6 is 0 Å². The van der Waals surface area contributed by atoms with Crippen LogP contribution in [0.5, 0.6) is 0 Å². The molecule has 2 heterocycles. The van der Waals surface area contributed by atoms with E-state index in [4.69, 9.17) is 4.74 Å². The Morgan fingerprint density at radius 3 is 2.75 bits per heavy atom. The second-order valence-corrected chi connectivity index (χ2v) is 6.37. The van der Waals surface area contributed by atoms with Crippen LogP contribution in [0.3, 0.4) is 0 Å². The van der Waals surface area contributed by atoms with E-state index in [1.54, 1.807) is 30.5 Å². The van der Waals surface area contributed by atoms with Crippen LogP contribution in [0.1, 0.15) is 12.8 Å². The monoisotopic (exact) mass is 330 g/mol. The van der Waals surface area contributed by atoms with E-state index in [2.05, 4.69) is 29.3 Å². The number of aromatic nitrogens is 1. The maximum absolute atomic E-state index is 11.2. The Labute approximate surface area is 140 Å². The number of benzene rings is 1. The Balaban J connectivity index is 1.90. The number of anilines is 1. The largest absolute Gasteiger partial charge is 0.381 e. The first kappa shape index (κ1) is 16.6. The fraction of sp³-hybridized carbons (Fsp3) is 0.471. The normalized spacial score (nSPS) is 17.1. The molecule has 0 saturated carbocycles. The average Bonchev–Trinajstić information content (AvgIpc) is 2.60. The molecule has 0 amide bonds. The number of nitro benzene ring substituents is 1. The standard InChI is InChI=1S/C17H22N4O3/c1-20(2)17(7-10-24-11-8-17)12-19-14-5-6-15(21(22)23)13-4-3-9-18-16(13)14/h3-6,9,19H,7-8,10-12H2,1-2H3. The first-order valence-corrected chi connectivity index (χ1v) is 8.05. The van der Waals surface area contributed by atoms with Gasteiger partial charge in [-0.05, 0) is 45.1 Å². The number of rotatable bonds is 5. The van der Waals surface area contributed by atoms with Crippen molar-refractivity contribution in [2.45, 2.75) is 18.4 Å². The third kappa shape index (κ3) is 3.05. The molecule has 1 aromatic heterocycles. The van der Waals surface area contributed by atoms with Crippen LogP contribution in [-0.4, -0.2) is 54.2 Å². The van der Waals surface area contributed by atoms with Gasteiger partial charge in [-0.15, -0.1) is 0 Å². The van der Waals surface area contributed by atoms with Gasteiger partial charge in [0.25, 0.3) is 5.69 Å². The highest BCUT2D eigenvalue weighted by molar-refractivity contribution is 5.96. The van der Waals surface area contributed by atoms with Crippen LogP contribution in [-0.2, 0) is 4.74 Å². The smallest absolute Gasteiger partial charge is 0.278 e. The number of non-ortho nitro benzene ring substituents is 1. The molecule has 7 heteroatoms. The number of hydrogen-bond donors (Lipinski definition) is 1. The first-order valence-electron chi connectivity index (χ1n) is 8.05. The lowest BCUT2D eigenvalue weighted by atomic mass is 9.88. The summed E-state index contributed by atoms with van der Waals surface area (Å²) in [6, 6.07) is 6.75. The third-order valence-electron chi connectivity index (χ3n) is 4.92. The molecular formula is C17H22N4O3. The lowest BCUT2D eigenvalue weighted by molar-refractivity contribution is -0.383. The summed E-state index contributed by atoms with van der Waals surface area (Å²) in [6.07, 6.45) is 3.56. The summed E-state index contributed by atoms with van der Waals surface area (Å²) in [5.74, 6) is 0. The Bertz CT molecular complexity index is 742. The molecule has 0 atom stereocenters. The molecule has 0 spiro atoms. The molecule has 1 aliphatic rings. The fourth-order valence-electron chi connectivity index (χ4n) is 3.25. The number of fused-ring (bicyclic) bond motifs is 1. The van der Waals surface area contributed by atoms with Gasteiger partial charge in [-0.25, -0.2) is 0 Å². The van der Waals surface area contributed by atoms with Crippen molar-refractivity contribution in [3.8, 4) is 0 Å². The van der Waals surface area contributed by atoms with Crippen molar-refractivity contribution in [3.05, 3.63) is 40.6 Å². The molecule has 1 fully saturated rings. The molecule has 3 rings (SSSR count). The molecule has 128 valence electrons. The van der Waals surface area contributed by atoms with Crippen LogP contribution in [0, 0.1) is 10.1 Å². The van der Waals surface area contributed by atoms with E-state index >= 15 is 0 Å². The van der Waals surface area contributed by atoms with Gasteiger partial charge in [0.2, 0.25) is 0 Å². The van der Waals surface area contributed by atoms with E-state index in [-0.39, 0.29) is 16.1 Å². The van der Waals surface area contributed by atoms with Gasteiger partial charge in [-0.3, -0.25) is 15.1 Å². The van der Waals surface area contributed by atoms with E-state index in [0.717, 1.165) is 38.3 Å². The van der Waals surface area contributed by atoms with Crippen molar-refractivity contribution in [3.63, 3.8) is 0 Å². The molecule has 2 aromatic rings. The Morgan fingerprint density at radius 1 is 1.33 bits per heavy atom. The first-order chi connectivity index (χ1) is 11.5. The molecule has 1 aromatic carbocycles. The van der Waals surface area contributed by atoms with Gasteiger partial charge in [-0.1, -0.05) is 0 Å². The van der Waals surface area contributed by atoms with Gasteiger partial charge in [0, 0.05) is 37.6 Å². The van der Waals surface area contributed by atoms with Crippen molar-refractivity contribution >= 4 is 22.3 Å². The average molecular weight is 330 g/mol. The van der Waals surface area contributed by atoms with Gasteiger partial charge < -0.3 is 15.0 Å². The zero-order valence-electron chi connectivity index (χ0n) is 14.0. The molecule has 1 aliphatic heterocycles. The van der Waals surface area contributed by atoms with Crippen molar-refractivity contribution < 1.29 is 9.66 Å². The minimum atomic E-state index is -0.367. The van der Waals surface area contributed by atoms with Crippen LogP contribution < -0.4 is 5.32 Å². The Morgan fingerprint density at radius 2 is 2.08 bits per heavy atom. The van der Waals surface area contributed by atoms with Crippen LogP contribution in [0.4, 0.5) is 11.4 Å². The van der Waals surface area contributed by atoms with Crippen molar-refractivity contribution in [2.75, 3.05) is 39.2 Å². The summed E-state index contributed by atoms with van der Waals surface area (Å²) in [5.41, 5.74) is 1.55. The molecule has 24 heavy (non-hydrogen) atoms. The number of pyridine rings is 1. The van der Waals surface area contributed by atoms with E-state index in [0.29, 0.717) is 10.9 Å². The number of nitrogens with one attached hydrogen (secondary N) is 1. The number of ether oxygens (including phenoxy) is 1. The molecule has 0 unspecified atom stereocenters. The van der Waals surface area contributed by atoms with Crippen molar-refractivity contribution in [1.82, 2.24) is 9.88 Å². The molecule has 1 N–H and O–H groups in total. The van der Waals surface area contributed by atoms with E-state index in [1.807, 2.05) is 0 Å². The lowest BCUT2D eigenvalue weighted by Crippen LogP contribution is -2.53. The zero-order chi connectivity index (χ0) is 17.2. The molecule has 7 nitrogen and oxygen atoms in total. The third-order valence-corrected chi connectivity index (χ3v) is 4.92. The van der Waals surface area contributed by atoms with Crippen LogP contribution in [0.15, 0.2) is 30.5 Å². The van der Waals surface area contributed by atoms with E-state index < -0.39 is 0 Å². The maximum Gasteiger partial charge on any atom is 0.278 e. The van der Waals surface area contributed by atoms with Gasteiger partial charge in [0.1, 0.15) is 5.52 Å². The quantitative estimate of drug-likeness (QED) is 0.670. The molecule has 0 radical (unpaired) electrons. The predicted molar refractivity (Wildman–Crippen MR) is 93.4 cm³/mol. The summed E-state index contributed by atoms with van der Waals surface area (Å²) in [5, 5.41) is 15.2. The summed E-state index contributed by atoms with van der Waals surface area (Å²) >= 11 is 0. The van der Waals surface area contributed by atoms with Crippen LogP contribution in [0.25, 0.3) is 10.9 Å². The topological polar surface area (TPSA) is 80.5 Å². The number of likely N-dealkylation sites (N-methyl/N-ethyl adjacent to an activating group) is 1. The second kappa shape index (κ2) is 6.70. The summed E-state index contributed by atoms with van der Waals surface area (Å²) in [7, 11) is 4.17. The Hall–Kier alpha value is -2.25. The summed E-state index contributed by atoms with van der Waals surface area (Å²) in [6.45, 7) is 2.24. The minimum Gasteiger partial charge on any atom is -0.381 e. The van der Waals surface area contributed by atoms with Gasteiger partial charge in [0.15, 0.2) is 0 Å². The summed E-state index contributed by atoms with van der Waals surface area (Å²) < 4.78 is 5.50. The highest BCUT2D eigenvalue weighted by atomic mass is 16.6. The maximum atomic E-state index is 11.2. The second-order valence-electron chi connectivity index (χ2n) is 6.37. The highest BCUT2D eigenvalue weighted by Gasteiger charge is 2.34. The lowest BCUT2D eigenvalue weighted by Gasteiger charge is -2.43. The van der Waals surface area contributed by atoms with Gasteiger partial charge in [-0.2, -0.15) is 0 Å². The summed E-state index contributed by atoms with van der Waals surface area (Å²) in [4.78, 5) is 17.4. The zero-order valence-corrected chi connectivity index (χ0v) is 14.0. The molecule has 0 aliphatic carbocycles. The van der Waals surface area contributed by atoms with Crippen molar-refractivity contribution in [1.29, 1.82) is 0 Å². The Kier molecular flexibility index (Phi) is 4.64. The number of hydrogen-bond acceptors (Lipinski definition) is 6. The molecule has 0 bridgehead atoms. The molecule has 1 saturated heterocycles. The van der Waals surface area contributed by atoms with Gasteiger partial charge >= 0.3 is 0 Å². The van der Waals surface area contributed by atoms with Crippen LogP contribution in [0.2, 0.25) is 0 Å². The molecular weight excluding hydrogens is 308 g/mol. The number of nitrogens with zero attached hydrogens (tertiary/aromatic N) is 3. The van der Waals surface area contributed by atoms with E-state index in [1.165, 1.54) is 0 Å². The van der Waals surface area contributed by atoms with Gasteiger partial charge in [0.05, 0.1) is 16.0 Å². The SMILES string of the molecule is CN(C)C1(CNc2ccc([N+](=O)[O-])c3cccnc23)CCOCC1. The minimum absolute atomic E-state index is 0.0150. The highest BCUT2D eigenvalue weighted by Crippen LogP contribution is 2.31. The number of nitro groups is 1.